The molecule has 1 fully saturated rings. The van der Waals surface area contributed by atoms with Gasteiger partial charge in [0.15, 0.2) is 17.0 Å². The van der Waals surface area contributed by atoms with E-state index in [0.29, 0.717) is 55.3 Å². The maximum atomic E-state index is 12.9. The third kappa shape index (κ3) is 3.16. The summed E-state index contributed by atoms with van der Waals surface area (Å²) in [6, 6.07) is 7.38. The summed E-state index contributed by atoms with van der Waals surface area (Å²) in [5.41, 5.74) is 1.98. The third-order valence-electron chi connectivity index (χ3n) is 4.65. The first-order valence-corrected chi connectivity index (χ1v) is 8.95. The van der Waals surface area contributed by atoms with Crippen LogP contribution in [0.2, 0.25) is 0 Å². The van der Waals surface area contributed by atoms with Gasteiger partial charge in [-0.3, -0.25) is 4.79 Å². The molecule has 27 heavy (non-hydrogen) atoms. The molecule has 1 amide bonds. The van der Waals surface area contributed by atoms with Crippen LogP contribution in [0.4, 0.5) is 5.82 Å². The molecule has 3 heterocycles. The Balaban J connectivity index is 1.50. The molecule has 0 spiro atoms. The quantitative estimate of drug-likeness (QED) is 0.682. The van der Waals surface area contributed by atoms with Gasteiger partial charge in [0, 0.05) is 33.2 Å². The molecule has 3 aromatic rings. The van der Waals surface area contributed by atoms with E-state index in [9.17, 15) is 4.79 Å². The number of anilines is 1. The second kappa shape index (κ2) is 7.18. The summed E-state index contributed by atoms with van der Waals surface area (Å²) in [4.78, 5) is 25.5. The number of benzene rings is 1. The van der Waals surface area contributed by atoms with E-state index in [0.717, 1.165) is 5.82 Å². The predicted octanol–water partition coefficient (Wildman–Crippen LogP) is 1.12. The van der Waals surface area contributed by atoms with Gasteiger partial charge in [0.2, 0.25) is 0 Å². The minimum absolute atomic E-state index is 0.00830. The number of rotatable bonds is 4. The Kier molecular flexibility index (Phi) is 4.57. The van der Waals surface area contributed by atoms with Crippen molar-refractivity contribution in [1.82, 2.24) is 29.9 Å². The lowest BCUT2D eigenvalue weighted by molar-refractivity contribution is 0.0742. The highest BCUT2D eigenvalue weighted by molar-refractivity contribution is 5.97. The first-order chi connectivity index (χ1) is 13.2. The number of amides is 1. The molecule has 1 aromatic carbocycles. The van der Waals surface area contributed by atoms with Crippen LogP contribution in [0.3, 0.4) is 0 Å². The lowest BCUT2D eigenvalue weighted by Gasteiger charge is -2.35. The number of aryl methyl sites for hydroxylation is 1. The monoisotopic (exact) mass is 367 g/mol. The van der Waals surface area contributed by atoms with Crippen molar-refractivity contribution in [1.29, 1.82) is 0 Å². The second-order valence-corrected chi connectivity index (χ2v) is 6.29. The standard InChI is InChI=1S/C18H21N7O2/c1-3-27-14-7-5-4-6-13(14)18(26)25-10-8-24(9-11-25)17-15-16(19-12-20-17)23(2)22-21-15/h4-7,12H,3,8-11H2,1-2H3. The van der Waals surface area contributed by atoms with Gasteiger partial charge >= 0.3 is 0 Å². The van der Waals surface area contributed by atoms with E-state index in [4.69, 9.17) is 4.74 Å². The van der Waals surface area contributed by atoms with Crippen LogP contribution < -0.4 is 9.64 Å². The highest BCUT2D eigenvalue weighted by Gasteiger charge is 2.26. The molecule has 0 N–H and O–H groups in total. The number of piperazine rings is 1. The van der Waals surface area contributed by atoms with Crippen LogP contribution in [0.25, 0.3) is 11.2 Å². The Morgan fingerprint density at radius 2 is 1.93 bits per heavy atom. The zero-order valence-electron chi connectivity index (χ0n) is 15.4. The first-order valence-electron chi connectivity index (χ1n) is 8.95. The van der Waals surface area contributed by atoms with Gasteiger partial charge in [-0.25, -0.2) is 14.6 Å². The zero-order chi connectivity index (χ0) is 18.8. The number of carbonyl (C=O) groups is 1. The summed E-state index contributed by atoms with van der Waals surface area (Å²) >= 11 is 0. The van der Waals surface area contributed by atoms with Crippen molar-refractivity contribution in [2.24, 2.45) is 7.05 Å². The maximum absolute atomic E-state index is 12.9. The fourth-order valence-electron chi connectivity index (χ4n) is 3.29. The number of hydrogen-bond acceptors (Lipinski definition) is 7. The van der Waals surface area contributed by atoms with E-state index in [1.54, 1.807) is 11.7 Å². The van der Waals surface area contributed by atoms with Gasteiger partial charge in [0.25, 0.3) is 5.91 Å². The van der Waals surface area contributed by atoms with Gasteiger partial charge in [-0.05, 0) is 19.1 Å². The molecule has 2 aromatic heterocycles. The number of aromatic nitrogens is 5. The first kappa shape index (κ1) is 17.2. The van der Waals surface area contributed by atoms with Gasteiger partial charge in [-0.2, -0.15) is 0 Å². The highest BCUT2D eigenvalue weighted by Crippen LogP contribution is 2.24. The maximum Gasteiger partial charge on any atom is 0.257 e. The smallest absolute Gasteiger partial charge is 0.257 e. The SMILES string of the molecule is CCOc1ccccc1C(=O)N1CCN(c2ncnc3c2nnn3C)CC1. The summed E-state index contributed by atoms with van der Waals surface area (Å²) in [5.74, 6) is 1.38. The van der Waals surface area contributed by atoms with Crippen molar-refractivity contribution in [2.45, 2.75) is 6.92 Å². The Hall–Kier alpha value is -3.23. The molecule has 140 valence electrons. The number of ether oxygens (including phenoxy) is 1. The van der Waals surface area contributed by atoms with Crippen molar-refractivity contribution >= 4 is 22.9 Å². The van der Waals surface area contributed by atoms with Crippen molar-refractivity contribution in [3.63, 3.8) is 0 Å². The van der Waals surface area contributed by atoms with Crippen LogP contribution in [0, 0.1) is 0 Å². The summed E-state index contributed by atoms with van der Waals surface area (Å²) < 4.78 is 7.23. The lowest BCUT2D eigenvalue weighted by Crippen LogP contribution is -2.49. The van der Waals surface area contributed by atoms with Gasteiger partial charge in [0.1, 0.15) is 12.1 Å². The molecule has 1 aliphatic rings. The van der Waals surface area contributed by atoms with Crippen LogP contribution >= 0.6 is 0 Å². The minimum atomic E-state index is -0.00830. The molecular formula is C18H21N7O2. The average molecular weight is 367 g/mol. The van der Waals surface area contributed by atoms with Crippen molar-refractivity contribution in [3.8, 4) is 5.75 Å². The van der Waals surface area contributed by atoms with Crippen LogP contribution in [0.15, 0.2) is 30.6 Å². The largest absolute Gasteiger partial charge is 0.493 e. The summed E-state index contributed by atoms with van der Waals surface area (Å²) in [6.45, 7) is 4.99. The number of para-hydroxylation sites is 1. The number of hydrogen-bond donors (Lipinski definition) is 0. The fraction of sp³-hybridized carbons (Fsp3) is 0.389. The fourth-order valence-corrected chi connectivity index (χ4v) is 3.29. The normalized spacial score (nSPS) is 14.6. The van der Waals surface area contributed by atoms with Crippen LogP contribution in [-0.2, 0) is 7.05 Å². The van der Waals surface area contributed by atoms with Crippen LogP contribution in [-0.4, -0.2) is 68.6 Å². The van der Waals surface area contributed by atoms with Crippen molar-refractivity contribution in [2.75, 3.05) is 37.7 Å². The van der Waals surface area contributed by atoms with Gasteiger partial charge in [0.05, 0.1) is 12.2 Å². The lowest BCUT2D eigenvalue weighted by atomic mass is 10.1. The van der Waals surface area contributed by atoms with E-state index in [1.807, 2.05) is 36.1 Å². The Bertz CT molecular complexity index is 963. The van der Waals surface area contributed by atoms with Crippen LogP contribution in [0.5, 0.6) is 5.75 Å². The average Bonchev–Trinajstić information content (AvgIpc) is 3.09. The summed E-state index contributed by atoms with van der Waals surface area (Å²) in [5, 5.41) is 8.20. The molecule has 0 saturated carbocycles. The molecule has 0 bridgehead atoms. The van der Waals surface area contributed by atoms with E-state index >= 15 is 0 Å². The van der Waals surface area contributed by atoms with E-state index in [1.165, 1.54) is 6.33 Å². The molecular weight excluding hydrogens is 346 g/mol. The highest BCUT2D eigenvalue weighted by atomic mass is 16.5. The van der Waals surface area contributed by atoms with E-state index < -0.39 is 0 Å². The molecule has 9 heteroatoms. The Morgan fingerprint density at radius 3 is 2.70 bits per heavy atom. The summed E-state index contributed by atoms with van der Waals surface area (Å²) in [7, 11) is 1.80. The topological polar surface area (TPSA) is 89.3 Å². The number of carbonyl (C=O) groups excluding carboxylic acids is 1. The molecule has 4 rings (SSSR count). The number of nitrogens with zero attached hydrogens (tertiary/aromatic N) is 7. The molecule has 0 atom stereocenters. The number of fused-ring (bicyclic) bond motifs is 1. The Labute approximate surface area is 156 Å². The third-order valence-corrected chi connectivity index (χ3v) is 4.65. The second-order valence-electron chi connectivity index (χ2n) is 6.29. The molecule has 0 radical (unpaired) electrons. The minimum Gasteiger partial charge on any atom is -0.493 e. The summed E-state index contributed by atoms with van der Waals surface area (Å²) in [6.07, 6.45) is 1.52. The molecule has 9 nitrogen and oxygen atoms in total. The van der Waals surface area contributed by atoms with E-state index in [2.05, 4.69) is 25.2 Å². The van der Waals surface area contributed by atoms with Crippen LogP contribution in [0.1, 0.15) is 17.3 Å². The van der Waals surface area contributed by atoms with Gasteiger partial charge < -0.3 is 14.5 Å². The molecule has 1 saturated heterocycles. The zero-order valence-corrected chi connectivity index (χ0v) is 15.4. The van der Waals surface area contributed by atoms with Gasteiger partial charge in [-0.15, -0.1) is 5.10 Å². The predicted molar refractivity (Wildman–Crippen MR) is 99.8 cm³/mol. The van der Waals surface area contributed by atoms with Gasteiger partial charge in [-0.1, -0.05) is 17.3 Å². The Morgan fingerprint density at radius 1 is 1.15 bits per heavy atom. The molecule has 1 aliphatic heterocycles. The van der Waals surface area contributed by atoms with Crippen molar-refractivity contribution in [3.05, 3.63) is 36.2 Å². The molecule has 0 aliphatic carbocycles. The molecule has 0 unspecified atom stereocenters. The van der Waals surface area contributed by atoms with Crippen molar-refractivity contribution < 1.29 is 9.53 Å². The van der Waals surface area contributed by atoms with E-state index in [-0.39, 0.29) is 5.91 Å².